The van der Waals surface area contributed by atoms with Crippen molar-refractivity contribution >= 4 is 29.0 Å². The molecule has 0 unspecified atom stereocenters. The number of thiophene rings is 1. The molecule has 1 atom stereocenters. The SMILES string of the molecule is CC(C)[C@@H](C)NC(=O)CSc1nnc(-c2cccs2)o1. The van der Waals surface area contributed by atoms with Gasteiger partial charge >= 0.3 is 0 Å². The fourth-order valence-electron chi connectivity index (χ4n) is 1.36. The molecule has 0 aliphatic rings. The van der Waals surface area contributed by atoms with Gasteiger partial charge in [-0.1, -0.05) is 31.7 Å². The fourth-order valence-corrected chi connectivity index (χ4v) is 2.58. The van der Waals surface area contributed by atoms with E-state index in [-0.39, 0.29) is 17.7 Å². The third-order valence-corrected chi connectivity index (χ3v) is 4.53. The minimum Gasteiger partial charge on any atom is -0.410 e. The van der Waals surface area contributed by atoms with Crippen LogP contribution in [0.25, 0.3) is 10.8 Å². The molecular weight excluding hydrogens is 294 g/mol. The van der Waals surface area contributed by atoms with Crippen molar-refractivity contribution in [1.29, 1.82) is 0 Å². The van der Waals surface area contributed by atoms with Gasteiger partial charge < -0.3 is 9.73 Å². The highest BCUT2D eigenvalue weighted by atomic mass is 32.2. The molecule has 2 aromatic heterocycles. The minimum atomic E-state index is -0.0212. The van der Waals surface area contributed by atoms with Crippen LogP contribution in [0, 0.1) is 5.92 Å². The second kappa shape index (κ2) is 6.90. The molecule has 0 saturated heterocycles. The Morgan fingerprint density at radius 3 is 2.90 bits per heavy atom. The standard InChI is InChI=1S/C13H17N3O2S2/c1-8(2)9(3)14-11(17)7-20-13-16-15-12(18-13)10-5-4-6-19-10/h4-6,8-9H,7H2,1-3H3,(H,14,17)/t9-/m1/s1. The monoisotopic (exact) mass is 311 g/mol. The van der Waals surface area contributed by atoms with Crippen LogP contribution in [-0.4, -0.2) is 27.9 Å². The van der Waals surface area contributed by atoms with E-state index in [2.05, 4.69) is 29.4 Å². The number of carbonyl (C=O) groups excluding carboxylic acids is 1. The molecule has 0 radical (unpaired) electrons. The van der Waals surface area contributed by atoms with Gasteiger partial charge in [0.15, 0.2) is 0 Å². The lowest BCUT2D eigenvalue weighted by molar-refractivity contribution is -0.119. The summed E-state index contributed by atoms with van der Waals surface area (Å²) in [6, 6.07) is 4.01. The first kappa shape index (κ1) is 15.1. The molecule has 108 valence electrons. The van der Waals surface area contributed by atoms with Crippen molar-refractivity contribution in [2.75, 3.05) is 5.75 Å². The maximum Gasteiger partial charge on any atom is 0.277 e. The van der Waals surface area contributed by atoms with Crippen molar-refractivity contribution in [3.05, 3.63) is 17.5 Å². The largest absolute Gasteiger partial charge is 0.410 e. The van der Waals surface area contributed by atoms with Crippen LogP contribution < -0.4 is 5.32 Å². The number of aromatic nitrogens is 2. The Balaban J connectivity index is 1.84. The Bertz CT molecular complexity index is 552. The number of nitrogens with zero attached hydrogens (tertiary/aromatic N) is 2. The summed E-state index contributed by atoms with van der Waals surface area (Å²) in [5.41, 5.74) is 0. The first-order chi connectivity index (χ1) is 9.56. The molecule has 0 aliphatic carbocycles. The maximum atomic E-state index is 11.7. The number of amides is 1. The van der Waals surface area contributed by atoms with E-state index in [0.29, 0.717) is 17.0 Å². The van der Waals surface area contributed by atoms with Crippen molar-refractivity contribution in [1.82, 2.24) is 15.5 Å². The van der Waals surface area contributed by atoms with E-state index in [1.54, 1.807) is 11.3 Å². The zero-order valence-corrected chi connectivity index (χ0v) is 13.3. The van der Waals surface area contributed by atoms with Crippen LogP contribution in [0.5, 0.6) is 0 Å². The van der Waals surface area contributed by atoms with E-state index >= 15 is 0 Å². The smallest absolute Gasteiger partial charge is 0.277 e. The summed E-state index contributed by atoms with van der Waals surface area (Å²) >= 11 is 2.79. The molecule has 2 aromatic rings. The highest BCUT2D eigenvalue weighted by molar-refractivity contribution is 7.99. The van der Waals surface area contributed by atoms with Crippen molar-refractivity contribution in [2.24, 2.45) is 5.92 Å². The highest BCUT2D eigenvalue weighted by Gasteiger charge is 2.14. The molecule has 2 rings (SSSR count). The Morgan fingerprint density at radius 1 is 1.45 bits per heavy atom. The van der Waals surface area contributed by atoms with E-state index in [9.17, 15) is 4.79 Å². The van der Waals surface area contributed by atoms with Crippen LogP contribution in [0.4, 0.5) is 0 Å². The summed E-state index contributed by atoms with van der Waals surface area (Å²) in [7, 11) is 0. The zero-order valence-electron chi connectivity index (χ0n) is 11.6. The van der Waals surface area contributed by atoms with Gasteiger partial charge in [0.2, 0.25) is 5.91 Å². The average molecular weight is 311 g/mol. The van der Waals surface area contributed by atoms with Crippen LogP contribution in [0.15, 0.2) is 27.2 Å². The maximum absolute atomic E-state index is 11.7. The molecule has 0 bridgehead atoms. The molecule has 0 fully saturated rings. The lowest BCUT2D eigenvalue weighted by atomic mass is 10.1. The Labute approximate surface area is 126 Å². The second-order valence-corrected chi connectivity index (χ2v) is 6.61. The third kappa shape index (κ3) is 4.08. The number of hydrogen-bond donors (Lipinski definition) is 1. The Kier molecular flexibility index (Phi) is 5.19. The fraction of sp³-hybridized carbons (Fsp3) is 0.462. The summed E-state index contributed by atoms with van der Waals surface area (Å²) < 4.78 is 5.50. The predicted octanol–water partition coefficient (Wildman–Crippen LogP) is 3.05. The molecule has 5 nitrogen and oxygen atoms in total. The van der Waals surface area contributed by atoms with Gasteiger partial charge in [0.05, 0.1) is 10.6 Å². The van der Waals surface area contributed by atoms with Crippen LogP contribution in [0.1, 0.15) is 20.8 Å². The molecule has 0 aromatic carbocycles. The first-order valence-corrected chi connectivity index (χ1v) is 8.22. The van der Waals surface area contributed by atoms with Crippen molar-refractivity contribution in [3.8, 4) is 10.8 Å². The number of carbonyl (C=O) groups is 1. The van der Waals surface area contributed by atoms with Crippen molar-refractivity contribution in [3.63, 3.8) is 0 Å². The van der Waals surface area contributed by atoms with Gasteiger partial charge in [-0.25, -0.2) is 0 Å². The van der Waals surface area contributed by atoms with Crippen LogP contribution >= 0.6 is 23.1 Å². The van der Waals surface area contributed by atoms with Gasteiger partial charge in [0.25, 0.3) is 11.1 Å². The molecule has 0 spiro atoms. The number of thioether (sulfide) groups is 1. The Hall–Kier alpha value is -1.34. The minimum absolute atomic E-state index is 0.0212. The van der Waals surface area contributed by atoms with Gasteiger partial charge in [-0.2, -0.15) is 0 Å². The predicted molar refractivity (Wildman–Crippen MR) is 80.8 cm³/mol. The third-order valence-electron chi connectivity index (χ3n) is 2.85. The van der Waals surface area contributed by atoms with E-state index in [0.717, 1.165) is 4.88 Å². The highest BCUT2D eigenvalue weighted by Crippen LogP contribution is 2.26. The molecule has 0 saturated carbocycles. The normalized spacial score (nSPS) is 12.6. The quantitative estimate of drug-likeness (QED) is 0.830. The summed E-state index contributed by atoms with van der Waals surface area (Å²) in [5, 5.41) is 13.2. The molecule has 1 N–H and O–H groups in total. The summed E-state index contributed by atoms with van der Waals surface area (Å²) in [5.74, 6) is 1.17. The van der Waals surface area contributed by atoms with Gasteiger partial charge in [0.1, 0.15) is 0 Å². The number of hydrogen-bond acceptors (Lipinski definition) is 6. The van der Waals surface area contributed by atoms with Crippen molar-refractivity contribution in [2.45, 2.75) is 32.0 Å². The van der Waals surface area contributed by atoms with E-state index < -0.39 is 0 Å². The lowest BCUT2D eigenvalue weighted by Crippen LogP contribution is -2.37. The molecule has 2 heterocycles. The van der Waals surface area contributed by atoms with Gasteiger partial charge in [0, 0.05) is 6.04 Å². The van der Waals surface area contributed by atoms with E-state index in [1.807, 2.05) is 24.4 Å². The van der Waals surface area contributed by atoms with E-state index in [4.69, 9.17) is 4.42 Å². The number of nitrogens with one attached hydrogen (secondary N) is 1. The van der Waals surface area contributed by atoms with Crippen LogP contribution in [0.3, 0.4) is 0 Å². The van der Waals surface area contributed by atoms with Gasteiger partial charge in [-0.3, -0.25) is 4.79 Å². The van der Waals surface area contributed by atoms with Crippen molar-refractivity contribution < 1.29 is 9.21 Å². The average Bonchev–Trinajstić information content (AvgIpc) is 3.07. The molecule has 1 amide bonds. The van der Waals surface area contributed by atoms with E-state index in [1.165, 1.54) is 11.8 Å². The van der Waals surface area contributed by atoms with Gasteiger partial charge in [-0.15, -0.1) is 21.5 Å². The number of rotatable bonds is 6. The molecule has 0 aliphatic heterocycles. The van der Waals surface area contributed by atoms with Crippen LogP contribution in [-0.2, 0) is 4.79 Å². The Morgan fingerprint density at radius 2 is 2.25 bits per heavy atom. The van der Waals surface area contributed by atoms with Gasteiger partial charge in [-0.05, 0) is 24.3 Å². The van der Waals surface area contributed by atoms with Crippen LogP contribution in [0.2, 0.25) is 0 Å². The summed E-state index contributed by atoms with van der Waals surface area (Å²) in [6.07, 6.45) is 0. The summed E-state index contributed by atoms with van der Waals surface area (Å²) in [6.45, 7) is 6.14. The summed E-state index contributed by atoms with van der Waals surface area (Å²) in [4.78, 5) is 12.7. The molecule has 20 heavy (non-hydrogen) atoms. The zero-order chi connectivity index (χ0) is 14.5. The first-order valence-electron chi connectivity index (χ1n) is 6.36. The molecule has 7 heteroatoms. The lowest BCUT2D eigenvalue weighted by Gasteiger charge is -2.16. The molecular formula is C13H17N3O2S2. The topological polar surface area (TPSA) is 68.0 Å². The second-order valence-electron chi connectivity index (χ2n) is 4.74.